The van der Waals surface area contributed by atoms with Crippen molar-refractivity contribution >= 4 is 0 Å². The molecule has 1 heteroatoms. The zero-order valence-corrected chi connectivity index (χ0v) is 9.71. The Morgan fingerprint density at radius 2 is 2.08 bits per heavy atom. The summed E-state index contributed by atoms with van der Waals surface area (Å²) < 4.78 is 0. The summed E-state index contributed by atoms with van der Waals surface area (Å²) in [5.41, 5.74) is 0. The van der Waals surface area contributed by atoms with Crippen molar-refractivity contribution in [2.75, 3.05) is 20.1 Å². The number of rotatable bonds is 2. The van der Waals surface area contributed by atoms with Crippen molar-refractivity contribution in [1.82, 2.24) is 4.90 Å². The lowest BCUT2D eigenvalue weighted by Gasteiger charge is -2.21. The number of nitrogens with zero attached hydrogens (tertiary/aromatic N) is 1. The van der Waals surface area contributed by atoms with Gasteiger partial charge in [0.15, 0.2) is 0 Å². The van der Waals surface area contributed by atoms with Crippen LogP contribution in [0.1, 0.15) is 40.0 Å². The molecule has 0 aromatic carbocycles. The van der Waals surface area contributed by atoms with Crippen molar-refractivity contribution in [3.8, 4) is 0 Å². The van der Waals surface area contributed by atoms with Crippen LogP contribution >= 0.6 is 0 Å². The molecule has 2 unspecified atom stereocenters. The van der Waals surface area contributed by atoms with Crippen molar-refractivity contribution in [3.63, 3.8) is 0 Å². The van der Waals surface area contributed by atoms with E-state index in [0.717, 1.165) is 17.8 Å². The van der Waals surface area contributed by atoms with Gasteiger partial charge in [0.2, 0.25) is 0 Å². The molecule has 1 fully saturated rings. The SMILES string of the molecule is CCC1CC(C(C)C)CCN(C)C1. The van der Waals surface area contributed by atoms with Crippen LogP contribution in [-0.4, -0.2) is 25.0 Å². The summed E-state index contributed by atoms with van der Waals surface area (Å²) in [4.78, 5) is 2.51. The summed E-state index contributed by atoms with van der Waals surface area (Å²) >= 11 is 0. The molecule has 0 aromatic rings. The predicted octanol–water partition coefficient (Wildman–Crippen LogP) is 3.01. The molecule has 0 saturated carbocycles. The van der Waals surface area contributed by atoms with Crippen LogP contribution in [0.4, 0.5) is 0 Å². The average molecular weight is 183 g/mol. The van der Waals surface area contributed by atoms with Crippen LogP contribution in [0.15, 0.2) is 0 Å². The van der Waals surface area contributed by atoms with Gasteiger partial charge < -0.3 is 4.90 Å². The fraction of sp³-hybridized carbons (Fsp3) is 1.00. The number of likely N-dealkylation sites (tertiary alicyclic amines) is 1. The summed E-state index contributed by atoms with van der Waals surface area (Å²) in [6, 6.07) is 0. The highest BCUT2D eigenvalue weighted by atomic mass is 15.1. The van der Waals surface area contributed by atoms with Crippen LogP contribution in [0, 0.1) is 17.8 Å². The zero-order chi connectivity index (χ0) is 9.84. The molecule has 2 atom stereocenters. The minimum absolute atomic E-state index is 0.876. The van der Waals surface area contributed by atoms with Crippen LogP contribution < -0.4 is 0 Å². The summed E-state index contributed by atoms with van der Waals surface area (Å²) in [6.45, 7) is 9.71. The van der Waals surface area contributed by atoms with Gasteiger partial charge in [-0.3, -0.25) is 0 Å². The van der Waals surface area contributed by atoms with E-state index < -0.39 is 0 Å². The van der Waals surface area contributed by atoms with Gasteiger partial charge in [-0.15, -0.1) is 0 Å². The first-order valence-corrected chi connectivity index (χ1v) is 5.82. The molecule has 0 N–H and O–H groups in total. The van der Waals surface area contributed by atoms with Gasteiger partial charge in [-0.05, 0) is 44.2 Å². The molecule has 0 bridgehead atoms. The normalized spacial score (nSPS) is 32.1. The van der Waals surface area contributed by atoms with E-state index in [-0.39, 0.29) is 0 Å². The fourth-order valence-corrected chi connectivity index (χ4v) is 2.44. The van der Waals surface area contributed by atoms with Gasteiger partial charge in [-0.2, -0.15) is 0 Å². The van der Waals surface area contributed by atoms with E-state index in [1.165, 1.54) is 32.4 Å². The highest BCUT2D eigenvalue weighted by Crippen LogP contribution is 2.28. The Labute approximate surface area is 83.5 Å². The first-order chi connectivity index (χ1) is 6.13. The Morgan fingerprint density at radius 1 is 1.38 bits per heavy atom. The molecular weight excluding hydrogens is 158 g/mol. The second-order valence-electron chi connectivity index (χ2n) is 5.06. The lowest BCUT2D eigenvalue weighted by molar-refractivity contribution is 0.289. The summed E-state index contributed by atoms with van der Waals surface area (Å²) in [7, 11) is 2.27. The van der Waals surface area contributed by atoms with Crippen molar-refractivity contribution in [1.29, 1.82) is 0 Å². The number of hydrogen-bond donors (Lipinski definition) is 0. The van der Waals surface area contributed by atoms with E-state index in [2.05, 4.69) is 32.7 Å². The Balaban J connectivity index is 2.51. The Bertz CT molecular complexity index is 142. The lowest BCUT2D eigenvalue weighted by Crippen LogP contribution is -2.23. The maximum absolute atomic E-state index is 2.51. The van der Waals surface area contributed by atoms with Crippen molar-refractivity contribution in [3.05, 3.63) is 0 Å². The molecule has 0 radical (unpaired) electrons. The standard InChI is InChI=1S/C12H25N/c1-5-11-8-12(10(2)3)6-7-13(4)9-11/h10-12H,5-9H2,1-4H3. The van der Waals surface area contributed by atoms with E-state index in [1.54, 1.807) is 0 Å². The molecule has 78 valence electrons. The summed E-state index contributed by atoms with van der Waals surface area (Å²) in [5.74, 6) is 2.79. The largest absolute Gasteiger partial charge is 0.306 e. The monoisotopic (exact) mass is 183 g/mol. The quantitative estimate of drug-likeness (QED) is 0.636. The molecule has 0 aliphatic carbocycles. The first-order valence-electron chi connectivity index (χ1n) is 5.82. The summed E-state index contributed by atoms with van der Waals surface area (Å²) in [6.07, 6.45) is 4.22. The highest BCUT2D eigenvalue weighted by Gasteiger charge is 2.23. The van der Waals surface area contributed by atoms with Gasteiger partial charge >= 0.3 is 0 Å². The Hall–Kier alpha value is -0.0400. The Kier molecular flexibility index (Phi) is 4.24. The molecular formula is C12H25N. The fourth-order valence-electron chi connectivity index (χ4n) is 2.44. The minimum Gasteiger partial charge on any atom is -0.306 e. The maximum Gasteiger partial charge on any atom is 0.000661 e. The van der Waals surface area contributed by atoms with Crippen LogP contribution in [0.5, 0.6) is 0 Å². The third kappa shape index (κ3) is 3.30. The van der Waals surface area contributed by atoms with Crippen LogP contribution in [0.3, 0.4) is 0 Å². The zero-order valence-electron chi connectivity index (χ0n) is 9.71. The third-order valence-corrected chi connectivity index (χ3v) is 3.61. The van der Waals surface area contributed by atoms with Gasteiger partial charge in [0.1, 0.15) is 0 Å². The predicted molar refractivity (Wildman–Crippen MR) is 58.8 cm³/mol. The van der Waals surface area contributed by atoms with Gasteiger partial charge in [0, 0.05) is 6.54 Å². The molecule has 13 heavy (non-hydrogen) atoms. The topological polar surface area (TPSA) is 3.24 Å². The lowest BCUT2D eigenvalue weighted by atomic mass is 9.84. The maximum atomic E-state index is 2.51. The molecule has 1 rings (SSSR count). The second kappa shape index (κ2) is 4.99. The molecule has 1 aliphatic rings. The van der Waals surface area contributed by atoms with Crippen molar-refractivity contribution < 1.29 is 0 Å². The van der Waals surface area contributed by atoms with Gasteiger partial charge in [0.25, 0.3) is 0 Å². The van der Waals surface area contributed by atoms with Gasteiger partial charge in [-0.25, -0.2) is 0 Å². The van der Waals surface area contributed by atoms with E-state index in [0.29, 0.717) is 0 Å². The highest BCUT2D eigenvalue weighted by molar-refractivity contribution is 4.75. The van der Waals surface area contributed by atoms with Crippen LogP contribution in [0.2, 0.25) is 0 Å². The van der Waals surface area contributed by atoms with Crippen LogP contribution in [0.25, 0.3) is 0 Å². The van der Waals surface area contributed by atoms with Crippen molar-refractivity contribution in [2.24, 2.45) is 17.8 Å². The minimum atomic E-state index is 0.876. The van der Waals surface area contributed by atoms with E-state index in [4.69, 9.17) is 0 Å². The summed E-state index contributed by atoms with van der Waals surface area (Å²) in [5, 5.41) is 0. The second-order valence-corrected chi connectivity index (χ2v) is 5.06. The van der Waals surface area contributed by atoms with Crippen molar-refractivity contribution in [2.45, 2.75) is 40.0 Å². The van der Waals surface area contributed by atoms with Gasteiger partial charge in [-0.1, -0.05) is 27.2 Å². The van der Waals surface area contributed by atoms with E-state index >= 15 is 0 Å². The van der Waals surface area contributed by atoms with E-state index in [9.17, 15) is 0 Å². The molecule has 0 amide bonds. The molecule has 1 nitrogen and oxygen atoms in total. The smallest absolute Gasteiger partial charge is 0.000661 e. The molecule has 1 aliphatic heterocycles. The van der Waals surface area contributed by atoms with Crippen LogP contribution in [-0.2, 0) is 0 Å². The molecule has 1 saturated heterocycles. The molecule has 1 heterocycles. The first kappa shape index (κ1) is 11.0. The molecule has 0 aromatic heterocycles. The van der Waals surface area contributed by atoms with E-state index in [1.807, 2.05) is 0 Å². The molecule has 0 spiro atoms. The average Bonchev–Trinajstić information content (AvgIpc) is 2.26. The van der Waals surface area contributed by atoms with Gasteiger partial charge in [0.05, 0.1) is 0 Å². The number of hydrogen-bond acceptors (Lipinski definition) is 1. The third-order valence-electron chi connectivity index (χ3n) is 3.61. The Morgan fingerprint density at radius 3 is 2.62 bits per heavy atom.